The van der Waals surface area contributed by atoms with Gasteiger partial charge in [-0.1, -0.05) is 0 Å². The maximum absolute atomic E-state index is 10.6. The number of aliphatic hydroxyl groups excluding tert-OH is 1. The number of benzene rings is 1. The van der Waals surface area contributed by atoms with Crippen LogP contribution in [-0.4, -0.2) is 23.2 Å². The Hall–Kier alpha value is -0.890. The number of hydrogen-bond acceptors (Lipinski definition) is 4. The lowest BCUT2D eigenvalue weighted by molar-refractivity contribution is -0.384. The largest absolute Gasteiger partial charge is 0.396 e. The second kappa shape index (κ2) is 7.44. The van der Waals surface area contributed by atoms with Crippen molar-refractivity contribution in [3.63, 3.8) is 0 Å². The molecule has 5 nitrogen and oxygen atoms in total. The quantitative estimate of drug-likeness (QED) is 0.343. The van der Waals surface area contributed by atoms with Crippen molar-refractivity contribution >= 4 is 34.0 Å². The number of nitro benzene ring substituents is 1. The zero-order chi connectivity index (χ0) is 12.7. The molecular weight excluding hydrogens is 335 g/mol. The van der Waals surface area contributed by atoms with E-state index in [0.29, 0.717) is 0 Å². The lowest BCUT2D eigenvalue weighted by atomic mass is 10.2. The minimum absolute atomic E-state index is 0.111. The predicted octanol–water partition coefficient (Wildman–Crippen LogP) is 2.77. The summed E-state index contributed by atoms with van der Waals surface area (Å²) in [7, 11) is 0. The number of nitrogens with zero attached hydrogens (tertiary/aromatic N) is 1. The molecule has 0 aliphatic heterocycles. The highest BCUT2D eigenvalue weighted by atomic mass is 127. The average molecular weight is 350 g/mol. The van der Waals surface area contributed by atoms with Crippen molar-refractivity contribution in [2.75, 3.05) is 18.5 Å². The van der Waals surface area contributed by atoms with Gasteiger partial charge in [0, 0.05) is 34.5 Å². The van der Waals surface area contributed by atoms with Gasteiger partial charge in [-0.15, -0.1) is 0 Å². The molecule has 6 heteroatoms. The van der Waals surface area contributed by atoms with Crippen molar-refractivity contribution < 1.29 is 10.0 Å². The van der Waals surface area contributed by atoms with Crippen LogP contribution >= 0.6 is 22.6 Å². The zero-order valence-electron chi connectivity index (χ0n) is 9.36. The molecule has 17 heavy (non-hydrogen) atoms. The topological polar surface area (TPSA) is 75.4 Å². The van der Waals surface area contributed by atoms with E-state index in [0.717, 1.165) is 35.1 Å². The first kappa shape index (κ1) is 14.2. The summed E-state index contributed by atoms with van der Waals surface area (Å²) in [6, 6.07) is 4.78. The Balaban J connectivity index is 2.46. The Labute approximate surface area is 114 Å². The molecule has 1 aromatic rings. The molecule has 2 N–H and O–H groups in total. The summed E-state index contributed by atoms with van der Waals surface area (Å²) in [5.41, 5.74) is 1.03. The fourth-order valence-corrected chi connectivity index (χ4v) is 2.09. The maximum atomic E-state index is 10.6. The van der Waals surface area contributed by atoms with Crippen LogP contribution in [0, 0.1) is 13.7 Å². The molecule has 0 aromatic heterocycles. The molecule has 0 radical (unpaired) electrons. The van der Waals surface area contributed by atoms with Gasteiger partial charge in [-0.3, -0.25) is 10.1 Å². The van der Waals surface area contributed by atoms with Crippen molar-refractivity contribution in [2.24, 2.45) is 0 Å². The van der Waals surface area contributed by atoms with Gasteiger partial charge >= 0.3 is 0 Å². The van der Waals surface area contributed by atoms with Crippen LogP contribution in [0.1, 0.15) is 19.3 Å². The third kappa shape index (κ3) is 4.86. The second-order valence-electron chi connectivity index (χ2n) is 3.63. The van der Waals surface area contributed by atoms with Crippen molar-refractivity contribution in [1.82, 2.24) is 0 Å². The van der Waals surface area contributed by atoms with Crippen LogP contribution in [0.15, 0.2) is 18.2 Å². The Morgan fingerprint density at radius 3 is 2.71 bits per heavy atom. The molecule has 0 heterocycles. The van der Waals surface area contributed by atoms with E-state index in [4.69, 9.17) is 5.11 Å². The molecule has 0 aliphatic rings. The number of non-ortho nitro benzene ring substituents is 1. The highest BCUT2D eigenvalue weighted by molar-refractivity contribution is 14.1. The number of rotatable bonds is 7. The van der Waals surface area contributed by atoms with E-state index >= 15 is 0 Å². The summed E-state index contributed by atoms with van der Waals surface area (Å²) in [6.45, 7) is 1.04. The van der Waals surface area contributed by atoms with Gasteiger partial charge in [0.05, 0.1) is 4.92 Å². The number of aliphatic hydroxyl groups is 1. The molecule has 0 fully saturated rings. The molecule has 0 aliphatic carbocycles. The van der Waals surface area contributed by atoms with E-state index in [1.165, 1.54) is 6.07 Å². The number of nitro groups is 1. The van der Waals surface area contributed by atoms with Crippen LogP contribution in [0.4, 0.5) is 11.4 Å². The van der Waals surface area contributed by atoms with Crippen LogP contribution < -0.4 is 5.32 Å². The van der Waals surface area contributed by atoms with Crippen molar-refractivity contribution in [1.29, 1.82) is 0 Å². The fraction of sp³-hybridized carbons (Fsp3) is 0.455. The molecule has 0 unspecified atom stereocenters. The smallest absolute Gasteiger partial charge is 0.270 e. The SMILES string of the molecule is O=[N+]([O-])c1ccc(NCCCCCO)c(I)c1. The van der Waals surface area contributed by atoms with Gasteiger partial charge in [0.2, 0.25) is 0 Å². The van der Waals surface area contributed by atoms with Gasteiger partial charge in [-0.2, -0.15) is 0 Å². The van der Waals surface area contributed by atoms with Gasteiger partial charge in [0.1, 0.15) is 0 Å². The van der Waals surface area contributed by atoms with Crippen LogP contribution in [-0.2, 0) is 0 Å². The molecule has 1 rings (SSSR count). The summed E-state index contributed by atoms with van der Waals surface area (Å²) in [5, 5.41) is 22.4. The number of hydrogen-bond donors (Lipinski definition) is 2. The molecule has 0 saturated carbocycles. The minimum atomic E-state index is -0.396. The first-order valence-corrected chi connectivity index (χ1v) is 6.51. The predicted molar refractivity (Wildman–Crippen MR) is 75.2 cm³/mol. The summed E-state index contributed by atoms with van der Waals surface area (Å²) in [6.07, 6.45) is 2.78. The summed E-state index contributed by atoms with van der Waals surface area (Å²) >= 11 is 2.08. The highest BCUT2D eigenvalue weighted by Crippen LogP contribution is 2.23. The van der Waals surface area contributed by atoms with E-state index in [2.05, 4.69) is 27.9 Å². The van der Waals surface area contributed by atoms with E-state index in [1.54, 1.807) is 12.1 Å². The first-order valence-electron chi connectivity index (χ1n) is 5.44. The van der Waals surface area contributed by atoms with Crippen molar-refractivity contribution in [3.8, 4) is 0 Å². The van der Waals surface area contributed by atoms with E-state index < -0.39 is 4.92 Å². The number of anilines is 1. The fourth-order valence-electron chi connectivity index (χ4n) is 1.40. The molecule has 0 spiro atoms. The molecule has 0 saturated heterocycles. The second-order valence-corrected chi connectivity index (χ2v) is 4.79. The average Bonchev–Trinajstić information content (AvgIpc) is 2.30. The van der Waals surface area contributed by atoms with Crippen LogP contribution in [0.2, 0.25) is 0 Å². The number of nitrogens with one attached hydrogen (secondary N) is 1. The van der Waals surface area contributed by atoms with Crippen LogP contribution in [0.25, 0.3) is 0 Å². The lowest BCUT2D eigenvalue weighted by Gasteiger charge is -2.07. The summed E-state index contributed by atoms with van der Waals surface area (Å²) in [5.74, 6) is 0. The van der Waals surface area contributed by atoms with Gasteiger partial charge in [0.25, 0.3) is 5.69 Å². The van der Waals surface area contributed by atoms with E-state index in [9.17, 15) is 10.1 Å². The van der Waals surface area contributed by atoms with Crippen LogP contribution in [0.3, 0.4) is 0 Å². The lowest BCUT2D eigenvalue weighted by Crippen LogP contribution is -2.03. The number of halogens is 1. The Morgan fingerprint density at radius 1 is 1.35 bits per heavy atom. The standard InChI is InChI=1S/C11H15IN2O3/c12-10-8-9(14(16)17)4-5-11(10)13-6-2-1-3-7-15/h4-5,8,13,15H,1-3,6-7H2. The van der Waals surface area contributed by atoms with Crippen molar-refractivity contribution in [3.05, 3.63) is 31.9 Å². The highest BCUT2D eigenvalue weighted by Gasteiger charge is 2.08. The first-order chi connectivity index (χ1) is 8.15. The van der Waals surface area contributed by atoms with E-state index in [1.807, 2.05) is 0 Å². The van der Waals surface area contributed by atoms with Crippen molar-refractivity contribution in [2.45, 2.75) is 19.3 Å². The molecule has 0 amide bonds. The van der Waals surface area contributed by atoms with Crippen LogP contribution in [0.5, 0.6) is 0 Å². The van der Waals surface area contributed by atoms with Gasteiger partial charge < -0.3 is 10.4 Å². The maximum Gasteiger partial charge on any atom is 0.270 e. The van der Waals surface area contributed by atoms with Gasteiger partial charge in [0.15, 0.2) is 0 Å². The Morgan fingerprint density at radius 2 is 2.12 bits per heavy atom. The summed E-state index contributed by atoms with van der Waals surface area (Å²) < 4.78 is 0.846. The minimum Gasteiger partial charge on any atom is -0.396 e. The normalized spacial score (nSPS) is 10.2. The zero-order valence-corrected chi connectivity index (χ0v) is 11.5. The molecule has 0 bridgehead atoms. The Kier molecular flexibility index (Phi) is 6.20. The summed E-state index contributed by atoms with van der Waals surface area (Å²) in [4.78, 5) is 10.2. The monoisotopic (exact) mass is 350 g/mol. The van der Waals surface area contributed by atoms with E-state index in [-0.39, 0.29) is 12.3 Å². The third-order valence-corrected chi connectivity index (χ3v) is 3.21. The number of unbranched alkanes of at least 4 members (excludes halogenated alkanes) is 2. The van der Waals surface area contributed by atoms with Gasteiger partial charge in [-0.05, 0) is 47.9 Å². The van der Waals surface area contributed by atoms with Gasteiger partial charge in [-0.25, -0.2) is 0 Å². The molecular formula is C11H15IN2O3. The molecule has 0 atom stereocenters. The Bertz CT molecular complexity index is 385. The third-order valence-electron chi connectivity index (χ3n) is 2.31. The molecule has 94 valence electrons. The molecule has 1 aromatic carbocycles.